The van der Waals surface area contributed by atoms with E-state index in [1.165, 1.54) is 6.07 Å². The summed E-state index contributed by atoms with van der Waals surface area (Å²) in [6.45, 7) is 0. The second-order valence-electron chi connectivity index (χ2n) is 3.74. The summed E-state index contributed by atoms with van der Waals surface area (Å²) in [5.74, 6) is -0.751. The van der Waals surface area contributed by atoms with E-state index in [9.17, 15) is 9.18 Å². The van der Waals surface area contributed by atoms with E-state index in [1.807, 2.05) is 0 Å². The van der Waals surface area contributed by atoms with Crippen LogP contribution in [0.5, 0.6) is 0 Å². The number of amides is 1. The molecule has 4 nitrogen and oxygen atoms in total. The molecule has 0 aromatic heterocycles. The number of nitrogens with zero attached hydrogens (tertiary/aromatic N) is 1. The first-order valence-corrected chi connectivity index (χ1v) is 4.83. The molecule has 1 heterocycles. The Hall–Kier alpha value is -1.93. The van der Waals surface area contributed by atoms with Crippen LogP contribution in [0.4, 0.5) is 10.1 Å². The van der Waals surface area contributed by atoms with Gasteiger partial charge in [-0.05, 0) is 6.07 Å². The summed E-state index contributed by atoms with van der Waals surface area (Å²) in [7, 11) is 0. The number of carbonyl (C=O) groups is 1. The van der Waals surface area contributed by atoms with E-state index in [0.29, 0.717) is 5.69 Å². The molecule has 1 aliphatic rings. The molecule has 1 amide bonds. The predicted octanol–water partition coefficient (Wildman–Crippen LogP) is 1.04. The lowest BCUT2D eigenvalue weighted by Crippen LogP contribution is -2.36. The first-order valence-electron chi connectivity index (χ1n) is 4.83. The van der Waals surface area contributed by atoms with Crippen molar-refractivity contribution in [2.24, 2.45) is 5.73 Å². The summed E-state index contributed by atoms with van der Waals surface area (Å²) in [4.78, 5) is 11.6. The maximum Gasteiger partial charge on any atom is 0.266 e. The Bertz CT molecular complexity index is 482. The molecule has 5 heteroatoms. The SMILES string of the molecule is N#CC(N)CC1(F)C(=O)Nc2ccccc21. The Morgan fingerprint density at radius 3 is 2.94 bits per heavy atom. The van der Waals surface area contributed by atoms with Gasteiger partial charge in [-0.1, -0.05) is 18.2 Å². The minimum absolute atomic E-state index is 0.255. The number of carbonyl (C=O) groups excluding carboxylic acids is 1. The Kier molecular flexibility index (Phi) is 2.37. The Morgan fingerprint density at radius 2 is 2.25 bits per heavy atom. The number of nitriles is 1. The summed E-state index contributed by atoms with van der Waals surface area (Å²) < 4.78 is 14.5. The number of fused-ring (bicyclic) bond motifs is 1. The van der Waals surface area contributed by atoms with Gasteiger partial charge >= 0.3 is 0 Å². The lowest BCUT2D eigenvalue weighted by atomic mass is 9.91. The van der Waals surface area contributed by atoms with Crippen LogP contribution in [0.25, 0.3) is 0 Å². The fourth-order valence-electron chi connectivity index (χ4n) is 1.83. The van der Waals surface area contributed by atoms with Crippen molar-refractivity contribution in [3.05, 3.63) is 29.8 Å². The van der Waals surface area contributed by atoms with Crippen molar-refractivity contribution >= 4 is 11.6 Å². The van der Waals surface area contributed by atoms with Gasteiger partial charge < -0.3 is 11.1 Å². The number of benzene rings is 1. The number of alkyl halides is 1. The topological polar surface area (TPSA) is 78.9 Å². The van der Waals surface area contributed by atoms with Gasteiger partial charge in [0.25, 0.3) is 5.91 Å². The van der Waals surface area contributed by atoms with E-state index < -0.39 is 17.6 Å². The normalized spacial score (nSPS) is 24.4. The average Bonchev–Trinajstić information content (AvgIpc) is 2.52. The minimum Gasteiger partial charge on any atom is -0.323 e. The third kappa shape index (κ3) is 1.44. The molecule has 0 saturated carbocycles. The van der Waals surface area contributed by atoms with Crippen molar-refractivity contribution in [2.75, 3.05) is 5.32 Å². The van der Waals surface area contributed by atoms with Crippen molar-refractivity contribution in [2.45, 2.75) is 18.1 Å². The number of halogens is 1. The summed E-state index contributed by atoms with van der Waals surface area (Å²) in [6, 6.07) is 7.22. The van der Waals surface area contributed by atoms with E-state index in [1.54, 1.807) is 24.3 Å². The van der Waals surface area contributed by atoms with E-state index in [4.69, 9.17) is 11.0 Å². The third-order valence-corrected chi connectivity index (χ3v) is 2.63. The fraction of sp³-hybridized carbons (Fsp3) is 0.273. The number of hydrogen-bond donors (Lipinski definition) is 2. The summed E-state index contributed by atoms with van der Waals surface area (Å²) >= 11 is 0. The van der Waals surface area contributed by atoms with Crippen LogP contribution in [0, 0.1) is 11.3 Å². The fourth-order valence-corrected chi connectivity index (χ4v) is 1.83. The maximum atomic E-state index is 14.5. The molecule has 1 aliphatic heterocycles. The Labute approximate surface area is 91.9 Å². The molecule has 1 aromatic rings. The standard InChI is InChI=1S/C11H10FN3O/c12-11(5-7(14)6-13)8-3-1-2-4-9(8)15-10(11)16/h1-4,7H,5,14H2,(H,15,16). The number of para-hydroxylation sites is 1. The lowest BCUT2D eigenvalue weighted by Gasteiger charge is -2.18. The van der Waals surface area contributed by atoms with E-state index >= 15 is 0 Å². The predicted molar refractivity (Wildman–Crippen MR) is 56.1 cm³/mol. The van der Waals surface area contributed by atoms with Crippen molar-refractivity contribution in [1.29, 1.82) is 5.26 Å². The molecule has 0 aliphatic carbocycles. The Balaban J connectivity index is 2.41. The zero-order valence-electron chi connectivity index (χ0n) is 8.40. The second-order valence-corrected chi connectivity index (χ2v) is 3.74. The molecule has 2 unspecified atom stereocenters. The molecule has 82 valence electrons. The number of anilines is 1. The van der Waals surface area contributed by atoms with Gasteiger partial charge in [0.05, 0.1) is 12.1 Å². The molecule has 0 bridgehead atoms. The summed E-state index contributed by atoms with van der Waals surface area (Å²) in [5, 5.41) is 11.0. The highest BCUT2D eigenvalue weighted by Gasteiger charge is 2.48. The zero-order valence-corrected chi connectivity index (χ0v) is 8.40. The van der Waals surface area contributed by atoms with Gasteiger partial charge in [0, 0.05) is 17.7 Å². The number of nitrogens with two attached hydrogens (primary N) is 1. The minimum atomic E-state index is -2.19. The Morgan fingerprint density at radius 1 is 1.56 bits per heavy atom. The van der Waals surface area contributed by atoms with Gasteiger partial charge in [0.1, 0.15) is 0 Å². The van der Waals surface area contributed by atoms with Gasteiger partial charge in [-0.15, -0.1) is 0 Å². The number of hydrogen-bond acceptors (Lipinski definition) is 3. The van der Waals surface area contributed by atoms with Gasteiger partial charge in [-0.2, -0.15) is 5.26 Å². The molecule has 0 spiro atoms. The first kappa shape index (κ1) is 10.6. The van der Waals surface area contributed by atoms with Gasteiger partial charge in [-0.3, -0.25) is 4.79 Å². The van der Waals surface area contributed by atoms with Crippen molar-refractivity contribution < 1.29 is 9.18 Å². The van der Waals surface area contributed by atoms with Crippen LogP contribution in [-0.4, -0.2) is 11.9 Å². The van der Waals surface area contributed by atoms with Gasteiger partial charge in [-0.25, -0.2) is 4.39 Å². The van der Waals surface area contributed by atoms with E-state index in [2.05, 4.69) is 5.32 Å². The number of rotatable bonds is 2. The monoisotopic (exact) mass is 219 g/mol. The first-order chi connectivity index (χ1) is 7.58. The van der Waals surface area contributed by atoms with Gasteiger partial charge in [0.2, 0.25) is 5.67 Å². The van der Waals surface area contributed by atoms with E-state index in [-0.39, 0.29) is 12.0 Å². The van der Waals surface area contributed by atoms with Crippen molar-refractivity contribution in [3.8, 4) is 6.07 Å². The second kappa shape index (κ2) is 3.58. The molecule has 0 saturated heterocycles. The smallest absolute Gasteiger partial charge is 0.266 e. The molecule has 2 atom stereocenters. The van der Waals surface area contributed by atoms with Crippen LogP contribution in [-0.2, 0) is 10.5 Å². The van der Waals surface area contributed by atoms with Crippen molar-refractivity contribution in [1.82, 2.24) is 0 Å². The molecular formula is C11H10FN3O. The third-order valence-electron chi connectivity index (χ3n) is 2.63. The van der Waals surface area contributed by atoms with Gasteiger partial charge in [0.15, 0.2) is 0 Å². The molecule has 3 N–H and O–H groups in total. The highest BCUT2D eigenvalue weighted by atomic mass is 19.1. The highest BCUT2D eigenvalue weighted by Crippen LogP contribution is 2.41. The lowest BCUT2D eigenvalue weighted by molar-refractivity contribution is -0.127. The molecule has 0 fully saturated rings. The van der Waals surface area contributed by atoms with Crippen LogP contribution < -0.4 is 11.1 Å². The molecular weight excluding hydrogens is 209 g/mol. The van der Waals surface area contributed by atoms with E-state index in [0.717, 1.165) is 0 Å². The van der Waals surface area contributed by atoms with Crippen LogP contribution >= 0.6 is 0 Å². The molecule has 16 heavy (non-hydrogen) atoms. The molecule has 0 radical (unpaired) electrons. The van der Waals surface area contributed by atoms with Crippen LogP contribution in [0.1, 0.15) is 12.0 Å². The van der Waals surface area contributed by atoms with Crippen LogP contribution in [0.2, 0.25) is 0 Å². The maximum absolute atomic E-state index is 14.5. The zero-order chi connectivity index (χ0) is 11.8. The largest absolute Gasteiger partial charge is 0.323 e. The molecule has 1 aromatic carbocycles. The van der Waals surface area contributed by atoms with Crippen molar-refractivity contribution in [3.63, 3.8) is 0 Å². The summed E-state index contributed by atoms with van der Waals surface area (Å²) in [6.07, 6.45) is -0.327. The highest BCUT2D eigenvalue weighted by molar-refractivity contribution is 6.05. The van der Waals surface area contributed by atoms with Crippen LogP contribution in [0.15, 0.2) is 24.3 Å². The summed E-state index contributed by atoms with van der Waals surface area (Å²) in [5.41, 5.74) is 3.89. The molecule has 2 rings (SSSR count). The number of nitrogens with one attached hydrogen (secondary N) is 1. The average molecular weight is 219 g/mol. The van der Waals surface area contributed by atoms with Crippen LogP contribution in [0.3, 0.4) is 0 Å². The quantitative estimate of drug-likeness (QED) is 0.780.